The Morgan fingerprint density at radius 2 is 1.79 bits per heavy atom. The number of carbonyl (C=O) groups excluding carboxylic acids is 2. The zero-order chi connectivity index (χ0) is 19.9. The number of hydrogen-bond donors (Lipinski definition) is 1. The van der Waals surface area contributed by atoms with Crippen LogP contribution in [-0.2, 0) is 9.59 Å². The minimum absolute atomic E-state index is 0.0206. The molecule has 1 aliphatic rings. The number of piperazine rings is 1. The number of hydrogen-bond acceptors (Lipinski definition) is 4. The molecule has 3 rings (SSSR count). The Hall–Kier alpha value is -2.73. The summed E-state index contributed by atoms with van der Waals surface area (Å²) in [5.41, 5.74) is 2.40. The molecule has 148 valence electrons. The van der Waals surface area contributed by atoms with Gasteiger partial charge in [0.15, 0.2) is 6.61 Å². The average molecular weight is 402 g/mol. The Balaban J connectivity index is 1.38. The van der Waals surface area contributed by atoms with Crippen LogP contribution in [0.2, 0.25) is 5.02 Å². The highest BCUT2D eigenvalue weighted by atomic mass is 35.5. The molecule has 1 aliphatic heterocycles. The molecule has 0 unspecified atom stereocenters. The van der Waals surface area contributed by atoms with Crippen LogP contribution in [0.15, 0.2) is 48.5 Å². The van der Waals surface area contributed by atoms with Crippen molar-refractivity contribution in [1.82, 2.24) is 10.2 Å². The maximum Gasteiger partial charge on any atom is 0.258 e. The van der Waals surface area contributed by atoms with E-state index < -0.39 is 0 Å². The summed E-state index contributed by atoms with van der Waals surface area (Å²) < 4.78 is 5.37. The van der Waals surface area contributed by atoms with E-state index in [1.807, 2.05) is 6.07 Å². The molecule has 1 N–H and O–H groups in total. The molecule has 1 saturated heterocycles. The van der Waals surface area contributed by atoms with Gasteiger partial charge in [-0.05, 0) is 48.9 Å². The number of nitrogens with one attached hydrogen (secondary N) is 1. The molecular formula is C21H24ClN3O3. The van der Waals surface area contributed by atoms with Gasteiger partial charge in [0.1, 0.15) is 5.75 Å². The first-order valence-corrected chi connectivity index (χ1v) is 9.63. The summed E-state index contributed by atoms with van der Waals surface area (Å²) in [4.78, 5) is 28.3. The number of amides is 2. The van der Waals surface area contributed by atoms with Crippen molar-refractivity contribution in [2.75, 3.05) is 44.2 Å². The number of benzene rings is 2. The molecule has 0 aliphatic carbocycles. The molecule has 2 aromatic rings. The second-order valence-corrected chi connectivity index (χ2v) is 7.16. The molecule has 28 heavy (non-hydrogen) atoms. The van der Waals surface area contributed by atoms with Gasteiger partial charge in [0, 0.05) is 36.9 Å². The van der Waals surface area contributed by atoms with Crippen LogP contribution in [0.5, 0.6) is 5.75 Å². The Morgan fingerprint density at radius 1 is 1.07 bits per heavy atom. The van der Waals surface area contributed by atoms with Crippen molar-refractivity contribution >= 4 is 29.1 Å². The number of ether oxygens (including phenoxy) is 1. The monoisotopic (exact) mass is 401 g/mol. The molecule has 7 heteroatoms. The summed E-state index contributed by atoms with van der Waals surface area (Å²) in [5.74, 6) is 0.142. The van der Waals surface area contributed by atoms with Crippen LogP contribution < -0.4 is 15.0 Å². The maximum atomic E-state index is 12.3. The van der Waals surface area contributed by atoms with Crippen LogP contribution >= 0.6 is 11.6 Å². The molecule has 1 fully saturated rings. The highest BCUT2D eigenvalue weighted by Crippen LogP contribution is 2.18. The van der Waals surface area contributed by atoms with Crippen molar-refractivity contribution in [2.24, 2.45) is 0 Å². The number of anilines is 1. The van der Waals surface area contributed by atoms with E-state index in [0.717, 1.165) is 13.1 Å². The van der Waals surface area contributed by atoms with Crippen molar-refractivity contribution < 1.29 is 14.3 Å². The molecule has 2 aromatic carbocycles. The predicted molar refractivity (Wildman–Crippen MR) is 110 cm³/mol. The van der Waals surface area contributed by atoms with E-state index >= 15 is 0 Å². The van der Waals surface area contributed by atoms with Crippen molar-refractivity contribution in [1.29, 1.82) is 0 Å². The predicted octanol–water partition coefficient (Wildman–Crippen LogP) is 2.49. The molecule has 0 spiro atoms. The van der Waals surface area contributed by atoms with Crippen molar-refractivity contribution in [2.45, 2.75) is 6.92 Å². The molecule has 2 amide bonds. The largest absolute Gasteiger partial charge is 0.484 e. The smallest absolute Gasteiger partial charge is 0.258 e. The number of carbonyl (C=O) groups is 2. The molecular weight excluding hydrogens is 378 g/mol. The lowest BCUT2D eigenvalue weighted by molar-refractivity contribution is -0.133. The number of rotatable bonds is 6. The quantitative estimate of drug-likeness (QED) is 0.807. The normalized spacial score (nSPS) is 13.9. The lowest BCUT2D eigenvalue weighted by Gasteiger charge is -2.36. The Morgan fingerprint density at radius 3 is 2.46 bits per heavy atom. The van der Waals surface area contributed by atoms with Crippen LogP contribution in [0, 0.1) is 6.92 Å². The van der Waals surface area contributed by atoms with Crippen LogP contribution in [0.1, 0.15) is 5.56 Å². The lowest BCUT2D eigenvalue weighted by atomic mass is 10.2. The van der Waals surface area contributed by atoms with Gasteiger partial charge in [0.2, 0.25) is 5.91 Å². The fourth-order valence-corrected chi connectivity index (χ4v) is 3.18. The molecule has 1 heterocycles. The van der Waals surface area contributed by atoms with E-state index in [4.69, 9.17) is 16.3 Å². The number of nitrogens with zero attached hydrogens (tertiary/aromatic N) is 2. The zero-order valence-corrected chi connectivity index (χ0v) is 16.6. The minimum Gasteiger partial charge on any atom is -0.484 e. The molecule has 0 aromatic heterocycles. The lowest BCUT2D eigenvalue weighted by Crippen LogP contribution is -2.51. The topological polar surface area (TPSA) is 61.9 Å². The van der Waals surface area contributed by atoms with Crippen LogP contribution in [0.3, 0.4) is 0 Å². The fraction of sp³-hybridized carbons (Fsp3) is 0.333. The number of aryl methyl sites for hydroxylation is 1. The molecule has 0 saturated carbocycles. The van der Waals surface area contributed by atoms with E-state index in [1.165, 1.54) is 11.3 Å². The summed E-state index contributed by atoms with van der Waals surface area (Å²) in [6, 6.07) is 15.1. The van der Waals surface area contributed by atoms with Gasteiger partial charge in [-0.1, -0.05) is 23.7 Å². The maximum absolute atomic E-state index is 12.3. The van der Waals surface area contributed by atoms with Gasteiger partial charge in [-0.15, -0.1) is 0 Å². The third-order valence-corrected chi connectivity index (χ3v) is 4.87. The molecule has 0 radical (unpaired) electrons. The number of halogens is 1. The third kappa shape index (κ3) is 5.63. The van der Waals surface area contributed by atoms with Gasteiger partial charge in [-0.25, -0.2) is 0 Å². The Labute approximate surface area is 170 Å². The van der Waals surface area contributed by atoms with Crippen LogP contribution in [0.25, 0.3) is 0 Å². The van der Waals surface area contributed by atoms with Crippen molar-refractivity contribution in [3.8, 4) is 5.75 Å². The van der Waals surface area contributed by atoms with Crippen LogP contribution in [-0.4, -0.2) is 56.0 Å². The first-order valence-electron chi connectivity index (χ1n) is 9.26. The first kappa shape index (κ1) is 20.0. The van der Waals surface area contributed by atoms with E-state index in [2.05, 4.69) is 35.3 Å². The summed E-state index contributed by atoms with van der Waals surface area (Å²) in [6.45, 7) is 4.76. The second kappa shape index (κ2) is 9.46. The fourth-order valence-electron chi connectivity index (χ4n) is 3.06. The van der Waals surface area contributed by atoms with E-state index in [1.54, 1.807) is 29.2 Å². The van der Waals surface area contributed by atoms with Gasteiger partial charge in [-0.3, -0.25) is 9.59 Å². The van der Waals surface area contributed by atoms with Gasteiger partial charge in [-0.2, -0.15) is 0 Å². The van der Waals surface area contributed by atoms with E-state index in [-0.39, 0.29) is 25.0 Å². The summed E-state index contributed by atoms with van der Waals surface area (Å²) in [6.07, 6.45) is 0. The summed E-state index contributed by atoms with van der Waals surface area (Å²) >= 11 is 5.80. The van der Waals surface area contributed by atoms with E-state index in [9.17, 15) is 9.59 Å². The van der Waals surface area contributed by atoms with Gasteiger partial charge in [0.25, 0.3) is 5.91 Å². The standard InChI is InChI=1S/C21H24ClN3O3/c1-16-3-2-4-18(13-16)24-9-11-25(12-10-24)21(27)14-23-20(26)15-28-19-7-5-17(22)6-8-19/h2-8,13H,9-12,14-15H2,1H3,(H,23,26). The third-order valence-electron chi connectivity index (χ3n) is 4.62. The molecule has 0 bridgehead atoms. The zero-order valence-electron chi connectivity index (χ0n) is 15.9. The average Bonchev–Trinajstić information content (AvgIpc) is 2.71. The Kier molecular flexibility index (Phi) is 6.76. The van der Waals surface area contributed by atoms with Crippen molar-refractivity contribution in [3.63, 3.8) is 0 Å². The van der Waals surface area contributed by atoms with E-state index in [0.29, 0.717) is 23.9 Å². The van der Waals surface area contributed by atoms with Crippen molar-refractivity contribution in [3.05, 3.63) is 59.1 Å². The second-order valence-electron chi connectivity index (χ2n) is 6.73. The van der Waals surface area contributed by atoms with Gasteiger partial charge < -0.3 is 19.9 Å². The summed E-state index contributed by atoms with van der Waals surface area (Å²) in [5, 5.41) is 3.22. The molecule has 6 nitrogen and oxygen atoms in total. The first-order chi connectivity index (χ1) is 13.5. The van der Waals surface area contributed by atoms with Gasteiger partial charge >= 0.3 is 0 Å². The van der Waals surface area contributed by atoms with Crippen LogP contribution in [0.4, 0.5) is 5.69 Å². The minimum atomic E-state index is -0.332. The Bertz CT molecular complexity index is 818. The molecule has 0 atom stereocenters. The SMILES string of the molecule is Cc1cccc(N2CCN(C(=O)CNC(=O)COc3ccc(Cl)cc3)CC2)c1. The highest BCUT2D eigenvalue weighted by molar-refractivity contribution is 6.30. The summed E-state index contributed by atoms with van der Waals surface area (Å²) in [7, 11) is 0. The van der Waals surface area contributed by atoms with Gasteiger partial charge in [0.05, 0.1) is 6.54 Å². The highest BCUT2D eigenvalue weighted by Gasteiger charge is 2.21.